The molecule has 0 saturated heterocycles. The van der Waals surface area contributed by atoms with Gasteiger partial charge in [-0.25, -0.2) is 4.79 Å². The van der Waals surface area contributed by atoms with Gasteiger partial charge in [0, 0.05) is 0 Å². The van der Waals surface area contributed by atoms with Gasteiger partial charge in [0.15, 0.2) is 6.61 Å². The van der Waals surface area contributed by atoms with Crippen LogP contribution in [0.25, 0.3) is 0 Å². The third-order valence-corrected chi connectivity index (χ3v) is 4.57. The molecule has 0 aliphatic rings. The summed E-state index contributed by atoms with van der Waals surface area (Å²) in [6.45, 7) is 7.82. The zero-order valence-electron chi connectivity index (χ0n) is 16.8. The maximum atomic E-state index is 11.6. The van der Waals surface area contributed by atoms with Gasteiger partial charge in [0.1, 0.15) is 24.7 Å². The van der Waals surface area contributed by atoms with Crippen LogP contribution < -0.4 is 4.74 Å². The molecule has 0 atom stereocenters. The quantitative estimate of drug-likeness (QED) is 0.392. The molecule has 0 bridgehead atoms. The van der Waals surface area contributed by atoms with Crippen molar-refractivity contribution in [2.75, 3.05) is 19.8 Å². The van der Waals surface area contributed by atoms with E-state index in [1.54, 1.807) is 6.07 Å². The third-order valence-electron chi connectivity index (χ3n) is 4.57. The number of carbonyl (C=O) groups excluding carboxylic acids is 1. The van der Waals surface area contributed by atoms with E-state index in [1.165, 1.54) is 5.56 Å². The summed E-state index contributed by atoms with van der Waals surface area (Å²) in [5.74, 6) is 0.637. The number of rotatable bonds is 9. The van der Waals surface area contributed by atoms with E-state index >= 15 is 0 Å². The average Bonchev–Trinajstić information content (AvgIpc) is 2.64. The Hall–Kier alpha value is -2.89. The summed E-state index contributed by atoms with van der Waals surface area (Å²) in [7, 11) is 0. The minimum atomic E-state index is -0.534. The Bertz CT molecular complexity index is 822. The van der Waals surface area contributed by atoms with E-state index in [1.807, 2.05) is 38.1 Å². The number of benzene rings is 2. The summed E-state index contributed by atoms with van der Waals surface area (Å²) in [6, 6.07) is 9.53. The van der Waals surface area contributed by atoms with Crippen molar-refractivity contribution < 1.29 is 19.4 Å². The molecule has 0 fully saturated rings. The molecule has 2 rings (SSSR count). The first kappa shape index (κ1) is 21.4. The normalized spacial score (nSPS) is 10.8. The molecule has 2 aromatic carbocycles. The average molecular weight is 385 g/mol. The lowest BCUT2D eigenvalue weighted by Gasteiger charge is -2.15. The summed E-state index contributed by atoms with van der Waals surface area (Å²) >= 11 is 0. The number of carbonyl (C=O) groups is 1. The lowest BCUT2D eigenvalue weighted by Crippen LogP contribution is -2.16. The Morgan fingerprint density at radius 3 is 2.43 bits per heavy atom. The second-order valence-electron chi connectivity index (χ2n) is 7.12. The lowest BCUT2D eigenvalue weighted by molar-refractivity contribution is -0.145. The van der Waals surface area contributed by atoms with Gasteiger partial charge in [0.05, 0.1) is 0 Å². The molecule has 6 heteroatoms. The van der Waals surface area contributed by atoms with Crippen LogP contribution in [0.2, 0.25) is 0 Å². The molecule has 0 unspecified atom stereocenters. The minimum Gasteiger partial charge on any atom is -0.508 e. The molecule has 0 aromatic heterocycles. The minimum absolute atomic E-state index is 0.0340. The first-order valence-electron chi connectivity index (χ1n) is 9.31. The van der Waals surface area contributed by atoms with Crippen LogP contribution in [0.1, 0.15) is 47.6 Å². The van der Waals surface area contributed by atoms with E-state index in [2.05, 4.69) is 19.0 Å². The van der Waals surface area contributed by atoms with Crippen molar-refractivity contribution in [3.63, 3.8) is 0 Å². The van der Waals surface area contributed by atoms with Crippen molar-refractivity contribution in [3.05, 3.63) is 63.1 Å². The lowest BCUT2D eigenvalue weighted by atomic mass is 9.93. The van der Waals surface area contributed by atoms with Gasteiger partial charge in [0.25, 0.3) is 0 Å². The van der Waals surface area contributed by atoms with Crippen LogP contribution >= 0.6 is 0 Å². The summed E-state index contributed by atoms with van der Waals surface area (Å²) in [5, 5.41) is 12.6. The number of nitrogens with zero attached hydrogens (tertiary/aromatic N) is 1. The van der Waals surface area contributed by atoms with Gasteiger partial charge >= 0.3 is 5.97 Å². The molecule has 6 nitrogen and oxygen atoms in total. The molecule has 0 aliphatic carbocycles. The molecule has 0 amide bonds. The van der Waals surface area contributed by atoms with Crippen molar-refractivity contribution in [2.24, 2.45) is 5.18 Å². The van der Waals surface area contributed by atoms with Crippen molar-refractivity contribution in [1.29, 1.82) is 0 Å². The standard InChI is InChI=1S/C22H27NO5/c1-14(2)19-11-17(5-6-21(19)24)12-20-15(3)9-18(10-16(20)4)28-13-22(25)27-8-7-23-26/h5-6,9-11,14,24H,7-8,12-13H2,1-4H3. The fourth-order valence-corrected chi connectivity index (χ4v) is 3.08. The smallest absolute Gasteiger partial charge is 0.344 e. The first-order valence-corrected chi connectivity index (χ1v) is 9.31. The predicted molar refractivity (Wildman–Crippen MR) is 108 cm³/mol. The van der Waals surface area contributed by atoms with Crippen molar-refractivity contribution in [1.82, 2.24) is 0 Å². The van der Waals surface area contributed by atoms with Crippen LogP contribution in [0, 0.1) is 18.8 Å². The van der Waals surface area contributed by atoms with Crippen molar-refractivity contribution >= 4 is 5.97 Å². The van der Waals surface area contributed by atoms with Gasteiger partial charge in [-0.2, -0.15) is 4.91 Å². The molecular weight excluding hydrogens is 358 g/mol. The zero-order valence-corrected chi connectivity index (χ0v) is 16.8. The Balaban J connectivity index is 2.08. The second kappa shape index (κ2) is 9.88. The highest BCUT2D eigenvalue weighted by Crippen LogP contribution is 2.29. The topological polar surface area (TPSA) is 85.2 Å². The highest BCUT2D eigenvalue weighted by atomic mass is 16.6. The molecule has 0 heterocycles. The largest absolute Gasteiger partial charge is 0.508 e. The molecule has 0 saturated carbocycles. The SMILES string of the molecule is Cc1cc(OCC(=O)OCCN=O)cc(C)c1Cc1ccc(O)c(C(C)C)c1. The summed E-state index contributed by atoms with van der Waals surface area (Å²) in [5.41, 5.74) is 5.39. The van der Waals surface area contributed by atoms with Crippen LogP contribution in [0.4, 0.5) is 0 Å². The highest BCUT2D eigenvalue weighted by molar-refractivity contribution is 5.71. The monoisotopic (exact) mass is 385 g/mol. The Kier molecular flexibility index (Phi) is 7.55. The molecule has 1 N–H and O–H groups in total. The van der Waals surface area contributed by atoms with Crippen LogP contribution in [-0.2, 0) is 16.0 Å². The Labute approximate surface area is 165 Å². The van der Waals surface area contributed by atoms with E-state index < -0.39 is 5.97 Å². The van der Waals surface area contributed by atoms with E-state index in [9.17, 15) is 14.8 Å². The van der Waals surface area contributed by atoms with Gasteiger partial charge in [0.2, 0.25) is 0 Å². The fourth-order valence-electron chi connectivity index (χ4n) is 3.08. The van der Waals surface area contributed by atoms with Crippen LogP contribution in [0.5, 0.6) is 11.5 Å². The van der Waals surface area contributed by atoms with Gasteiger partial charge < -0.3 is 14.6 Å². The molecule has 0 aliphatic heterocycles. The number of nitroso groups, excluding NO2 is 1. The number of ether oxygens (including phenoxy) is 2. The van der Waals surface area contributed by atoms with Crippen LogP contribution in [0.3, 0.4) is 0 Å². The van der Waals surface area contributed by atoms with E-state index in [-0.39, 0.29) is 25.7 Å². The molecular formula is C22H27NO5. The number of phenols is 1. The number of aryl methyl sites for hydroxylation is 2. The summed E-state index contributed by atoms with van der Waals surface area (Å²) < 4.78 is 10.3. The van der Waals surface area contributed by atoms with Crippen LogP contribution in [-0.4, -0.2) is 30.8 Å². The number of hydrogen-bond acceptors (Lipinski definition) is 6. The second-order valence-corrected chi connectivity index (χ2v) is 7.12. The van der Waals surface area contributed by atoms with E-state index in [0.29, 0.717) is 11.5 Å². The Morgan fingerprint density at radius 1 is 1.14 bits per heavy atom. The van der Waals surface area contributed by atoms with E-state index in [0.717, 1.165) is 28.7 Å². The maximum Gasteiger partial charge on any atom is 0.344 e. The van der Waals surface area contributed by atoms with Crippen molar-refractivity contribution in [3.8, 4) is 11.5 Å². The highest BCUT2D eigenvalue weighted by Gasteiger charge is 2.12. The maximum absolute atomic E-state index is 11.6. The molecule has 150 valence electrons. The number of hydrogen-bond donors (Lipinski definition) is 1. The predicted octanol–water partition coefficient (Wildman–Crippen LogP) is 4.41. The van der Waals surface area contributed by atoms with Crippen molar-refractivity contribution in [2.45, 2.75) is 40.0 Å². The summed E-state index contributed by atoms with van der Waals surface area (Å²) in [4.78, 5) is 21.6. The van der Waals surface area contributed by atoms with Gasteiger partial charge in [-0.05, 0) is 72.2 Å². The van der Waals surface area contributed by atoms with Gasteiger partial charge in [-0.15, -0.1) is 0 Å². The van der Waals surface area contributed by atoms with Gasteiger partial charge in [-0.3, -0.25) is 0 Å². The number of aromatic hydroxyl groups is 1. The van der Waals surface area contributed by atoms with Gasteiger partial charge in [-0.1, -0.05) is 31.2 Å². The summed E-state index contributed by atoms with van der Waals surface area (Å²) in [6.07, 6.45) is 0.749. The van der Waals surface area contributed by atoms with E-state index in [4.69, 9.17) is 9.47 Å². The third kappa shape index (κ3) is 5.81. The molecule has 2 aromatic rings. The molecule has 0 spiro atoms. The first-order chi connectivity index (χ1) is 13.3. The fraction of sp³-hybridized carbons (Fsp3) is 0.409. The van der Waals surface area contributed by atoms with Crippen LogP contribution in [0.15, 0.2) is 35.5 Å². The molecule has 0 radical (unpaired) electrons. The number of esters is 1. The Morgan fingerprint density at radius 2 is 1.82 bits per heavy atom. The molecule has 28 heavy (non-hydrogen) atoms. The zero-order chi connectivity index (χ0) is 20.7. The number of phenolic OH excluding ortho intramolecular Hbond substituents is 1.